The minimum Gasteiger partial charge on any atom is -0.398 e. The van der Waals surface area contributed by atoms with Gasteiger partial charge in [0.15, 0.2) is 0 Å². The molecular weight excluding hydrogens is 216 g/mol. The van der Waals surface area contributed by atoms with Crippen molar-refractivity contribution in [2.75, 3.05) is 25.4 Å². The number of benzene rings is 1. The summed E-state index contributed by atoms with van der Waals surface area (Å²) in [4.78, 5) is 14.1. The molecule has 0 spiro atoms. The zero-order valence-electron chi connectivity index (χ0n) is 10.1. The molecule has 2 rings (SSSR count). The normalized spacial score (nSPS) is 21.0. The van der Waals surface area contributed by atoms with Crippen LogP contribution >= 0.6 is 0 Å². The molecule has 1 aromatic rings. The molecule has 1 heterocycles. The zero-order chi connectivity index (χ0) is 12.3. The van der Waals surface area contributed by atoms with Crippen molar-refractivity contribution >= 4 is 11.6 Å². The number of anilines is 1. The van der Waals surface area contributed by atoms with Gasteiger partial charge in [0.2, 0.25) is 0 Å². The van der Waals surface area contributed by atoms with E-state index in [4.69, 9.17) is 10.5 Å². The third-order valence-electron chi connectivity index (χ3n) is 2.93. The van der Waals surface area contributed by atoms with E-state index < -0.39 is 0 Å². The average Bonchev–Trinajstić information content (AvgIpc) is 2.54. The van der Waals surface area contributed by atoms with Gasteiger partial charge in [0.25, 0.3) is 5.91 Å². The highest BCUT2D eigenvalue weighted by molar-refractivity contribution is 5.99. The van der Waals surface area contributed by atoms with Gasteiger partial charge in [-0.25, -0.2) is 0 Å². The summed E-state index contributed by atoms with van der Waals surface area (Å²) >= 11 is 0. The number of ether oxygens (including phenoxy) is 1. The number of carbonyl (C=O) groups excluding carboxylic acids is 1. The molecule has 1 atom stereocenters. The highest BCUT2D eigenvalue weighted by atomic mass is 16.5. The van der Waals surface area contributed by atoms with Crippen molar-refractivity contribution in [3.8, 4) is 0 Å². The van der Waals surface area contributed by atoms with Crippen LogP contribution in [0.3, 0.4) is 0 Å². The summed E-state index contributed by atoms with van der Waals surface area (Å²) in [5.74, 6) is 0.000417. The summed E-state index contributed by atoms with van der Waals surface area (Å²) < 4.78 is 5.52. The summed E-state index contributed by atoms with van der Waals surface area (Å²) in [5.41, 5.74) is 6.95. The van der Waals surface area contributed by atoms with E-state index in [1.165, 1.54) is 0 Å². The number of hydrogen-bond acceptors (Lipinski definition) is 3. The van der Waals surface area contributed by atoms with Crippen molar-refractivity contribution < 1.29 is 9.53 Å². The number of amides is 1. The number of nitrogens with two attached hydrogens (primary N) is 1. The van der Waals surface area contributed by atoms with E-state index in [-0.39, 0.29) is 12.0 Å². The van der Waals surface area contributed by atoms with E-state index in [2.05, 4.69) is 0 Å². The van der Waals surface area contributed by atoms with E-state index in [0.29, 0.717) is 17.8 Å². The van der Waals surface area contributed by atoms with E-state index >= 15 is 0 Å². The maximum absolute atomic E-state index is 12.3. The van der Waals surface area contributed by atoms with Crippen LogP contribution in [-0.2, 0) is 4.74 Å². The Labute approximate surface area is 101 Å². The smallest absolute Gasteiger partial charge is 0.256 e. The predicted molar refractivity (Wildman–Crippen MR) is 66.8 cm³/mol. The lowest BCUT2D eigenvalue weighted by atomic mass is 10.1. The molecule has 0 bridgehead atoms. The van der Waals surface area contributed by atoms with Crippen molar-refractivity contribution in [1.29, 1.82) is 0 Å². The molecule has 0 aliphatic carbocycles. The maximum atomic E-state index is 12.3. The van der Waals surface area contributed by atoms with Crippen LogP contribution in [0.25, 0.3) is 0 Å². The molecule has 1 aliphatic heterocycles. The lowest BCUT2D eigenvalue weighted by Gasteiger charge is -2.22. The predicted octanol–water partition coefficient (Wildman–Crippen LogP) is 1.52. The molecule has 1 saturated heterocycles. The Kier molecular flexibility index (Phi) is 3.64. The fraction of sp³-hybridized carbons (Fsp3) is 0.462. The van der Waals surface area contributed by atoms with E-state index in [9.17, 15) is 4.79 Å². The molecule has 1 fully saturated rings. The van der Waals surface area contributed by atoms with Crippen LogP contribution in [-0.4, -0.2) is 36.6 Å². The van der Waals surface area contributed by atoms with Gasteiger partial charge >= 0.3 is 0 Å². The number of rotatable bonds is 1. The van der Waals surface area contributed by atoms with Gasteiger partial charge in [-0.3, -0.25) is 4.79 Å². The largest absolute Gasteiger partial charge is 0.398 e. The van der Waals surface area contributed by atoms with Crippen molar-refractivity contribution in [1.82, 2.24) is 4.90 Å². The van der Waals surface area contributed by atoms with Crippen molar-refractivity contribution in [2.24, 2.45) is 0 Å². The SMILES string of the molecule is CC1CN(C(=O)c2ccccc2N)CCCO1. The Morgan fingerprint density at radius 2 is 2.24 bits per heavy atom. The molecule has 2 N–H and O–H groups in total. The van der Waals surface area contributed by atoms with Gasteiger partial charge in [-0.15, -0.1) is 0 Å². The number of hydrogen-bond donors (Lipinski definition) is 1. The minimum absolute atomic E-state index is 0.000417. The molecule has 1 aliphatic rings. The third kappa shape index (κ3) is 2.77. The molecule has 4 nitrogen and oxygen atoms in total. The summed E-state index contributed by atoms with van der Waals surface area (Å²) in [6, 6.07) is 7.20. The van der Waals surface area contributed by atoms with Gasteiger partial charge < -0.3 is 15.4 Å². The lowest BCUT2D eigenvalue weighted by Crippen LogP contribution is -2.36. The van der Waals surface area contributed by atoms with Gasteiger partial charge in [-0.1, -0.05) is 12.1 Å². The third-order valence-corrected chi connectivity index (χ3v) is 2.93. The summed E-state index contributed by atoms with van der Waals surface area (Å²) in [5, 5.41) is 0. The standard InChI is InChI=1S/C13H18N2O2/c1-10-9-15(7-4-8-17-10)13(16)11-5-2-3-6-12(11)14/h2-3,5-6,10H,4,7-9,14H2,1H3. The number of carbonyl (C=O) groups is 1. The monoisotopic (exact) mass is 234 g/mol. The molecule has 17 heavy (non-hydrogen) atoms. The summed E-state index contributed by atoms with van der Waals surface area (Å²) in [7, 11) is 0. The molecule has 92 valence electrons. The Bertz CT molecular complexity index is 406. The first-order chi connectivity index (χ1) is 8.18. The van der Waals surface area contributed by atoms with Crippen molar-refractivity contribution in [3.63, 3.8) is 0 Å². The van der Waals surface area contributed by atoms with Crippen LogP contribution in [0.15, 0.2) is 24.3 Å². The first kappa shape index (κ1) is 11.9. The molecule has 4 heteroatoms. The van der Waals surface area contributed by atoms with Crippen LogP contribution in [0.5, 0.6) is 0 Å². The molecule has 1 aromatic carbocycles. The van der Waals surface area contributed by atoms with E-state index in [1.807, 2.05) is 24.0 Å². The summed E-state index contributed by atoms with van der Waals surface area (Å²) in [6.07, 6.45) is 0.967. The topological polar surface area (TPSA) is 55.6 Å². The zero-order valence-corrected chi connectivity index (χ0v) is 10.1. The quantitative estimate of drug-likeness (QED) is 0.749. The summed E-state index contributed by atoms with van der Waals surface area (Å²) in [6.45, 7) is 4.07. The Morgan fingerprint density at radius 3 is 3.00 bits per heavy atom. The molecule has 1 unspecified atom stereocenters. The lowest BCUT2D eigenvalue weighted by molar-refractivity contribution is 0.0563. The number of nitrogen functional groups attached to an aromatic ring is 1. The molecular formula is C13H18N2O2. The van der Waals surface area contributed by atoms with Crippen LogP contribution in [0.4, 0.5) is 5.69 Å². The van der Waals surface area contributed by atoms with Gasteiger partial charge in [-0.2, -0.15) is 0 Å². The highest BCUT2D eigenvalue weighted by Gasteiger charge is 2.22. The molecule has 0 radical (unpaired) electrons. The van der Waals surface area contributed by atoms with Crippen LogP contribution in [0, 0.1) is 0 Å². The fourth-order valence-electron chi connectivity index (χ4n) is 2.04. The first-order valence-corrected chi connectivity index (χ1v) is 5.94. The molecule has 0 saturated carbocycles. The first-order valence-electron chi connectivity index (χ1n) is 5.94. The Hall–Kier alpha value is -1.55. The van der Waals surface area contributed by atoms with Crippen LogP contribution < -0.4 is 5.73 Å². The van der Waals surface area contributed by atoms with Crippen LogP contribution in [0.1, 0.15) is 23.7 Å². The number of para-hydroxylation sites is 1. The van der Waals surface area contributed by atoms with Gasteiger partial charge in [-0.05, 0) is 25.5 Å². The second kappa shape index (κ2) is 5.19. The van der Waals surface area contributed by atoms with Crippen molar-refractivity contribution in [2.45, 2.75) is 19.4 Å². The second-order valence-electron chi connectivity index (χ2n) is 4.37. The van der Waals surface area contributed by atoms with Gasteiger partial charge in [0.1, 0.15) is 0 Å². The Morgan fingerprint density at radius 1 is 1.47 bits per heavy atom. The second-order valence-corrected chi connectivity index (χ2v) is 4.37. The Balaban J connectivity index is 2.16. The van der Waals surface area contributed by atoms with Crippen molar-refractivity contribution in [3.05, 3.63) is 29.8 Å². The molecule has 0 aromatic heterocycles. The molecule has 1 amide bonds. The van der Waals surface area contributed by atoms with E-state index in [1.54, 1.807) is 12.1 Å². The number of nitrogens with zero attached hydrogens (tertiary/aromatic N) is 1. The highest BCUT2D eigenvalue weighted by Crippen LogP contribution is 2.15. The van der Waals surface area contributed by atoms with Gasteiger partial charge in [0, 0.05) is 25.4 Å². The fourth-order valence-corrected chi connectivity index (χ4v) is 2.04. The average molecular weight is 234 g/mol. The van der Waals surface area contributed by atoms with E-state index in [0.717, 1.165) is 19.6 Å². The van der Waals surface area contributed by atoms with Crippen LogP contribution in [0.2, 0.25) is 0 Å². The minimum atomic E-state index is 0.000417. The van der Waals surface area contributed by atoms with Gasteiger partial charge in [0.05, 0.1) is 11.7 Å². The maximum Gasteiger partial charge on any atom is 0.256 e.